The molecule has 4 aliphatic rings. The SMILES string of the molecule is Cc1ccc2c(c1)C(C)(c1ccc(N3C(=O)c4ccc(C(=O)c5ccc6c(c5)C(=O)N(C)C6=O)cc4C3=O)cc1)CC2(C)C.Cc1cccc(C2=Nc3ccc(-c4ccc5nc(C)[nH]c5c4)cc3C2)c1. The van der Waals surface area contributed by atoms with Gasteiger partial charge in [-0.2, -0.15) is 0 Å². The third-order valence-corrected chi connectivity index (χ3v) is 14.5. The van der Waals surface area contributed by atoms with Crippen molar-refractivity contribution in [3.63, 3.8) is 0 Å². The zero-order valence-corrected chi connectivity index (χ0v) is 40.0. The number of anilines is 1. The van der Waals surface area contributed by atoms with Crippen LogP contribution in [-0.4, -0.2) is 57.0 Å². The summed E-state index contributed by atoms with van der Waals surface area (Å²) in [5.41, 5.74) is 17.0. The largest absolute Gasteiger partial charge is 0.342 e. The summed E-state index contributed by atoms with van der Waals surface area (Å²) in [5.74, 6) is -1.31. The summed E-state index contributed by atoms with van der Waals surface area (Å²) in [6.45, 7) is 13.0. The molecule has 1 unspecified atom stereocenters. The summed E-state index contributed by atoms with van der Waals surface area (Å²) in [6, 6.07) is 44.6. The van der Waals surface area contributed by atoms with E-state index in [0.29, 0.717) is 5.69 Å². The van der Waals surface area contributed by atoms with Crippen LogP contribution in [0.25, 0.3) is 22.2 Å². The van der Waals surface area contributed by atoms with Crippen molar-refractivity contribution in [1.29, 1.82) is 0 Å². The first kappa shape index (κ1) is 44.2. The van der Waals surface area contributed by atoms with Crippen molar-refractivity contribution in [3.05, 3.63) is 218 Å². The van der Waals surface area contributed by atoms with Crippen molar-refractivity contribution in [2.45, 2.75) is 65.2 Å². The molecule has 1 aromatic heterocycles. The number of aryl methyl sites for hydroxylation is 3. The summed E-state index contributed by atoms with van der Waals surface area (Å²) < 4.78 is 0. The average Bonchev–Trinajstić information content (AvgIpc) is 4.12. The number of ketones is 1. The Morgan fingerprint density at radius 2 is 1.24 bits per heavy atom. The number of aliphatic imine (C=N–C) groups is 1. The third kappa shape index (κ3) is 7.21. The first-order chi connectivity index (χ1) is 33.5. The topological polar surface area (TPSA) is 133 Å². The van der Waals surface area contributed by atoms with Gasteiger partial charge in [0.2, 0.25) is 0 Å². The van der Waals surface area contributed by atoms with Gasteiger partial charge in [0.1, 0.15) is 5.82 Å². The molecule has 1 aliphatic carbocycles. The van der Waals surface area contributed by atoms with Crippen LogP contribution in [0.5, 0.6) is 0 Å². The summed E-state index contributed by atoms with van der Waals surface area (Å²) in [7, 11) is 1.39. The Morgan fingerprint density at radius 1 is 0.600 bits per heavy atom. The number of benzene rings is 7. The number of H-pyrrole nitrogens is 1. The maximum absolute atomic E-state index is 13.6. The fourth-order valence-electron chi connectivity index (χ4n) is 11.0. The zero-order valence-electron chi connectivity index (χ0n) is 40.0. The van der Waals surface area contributed by atoms with E-state index >= 15 is 0 Å². The van der Waals surface area contributed by atoms with Gasteiger partial charge in [0.25, 0.3) is 23.6 Å². The molecule has 0 radical (unpaired) electrons. The van der Waals surface area contributed by atoms with Crippen LogP contribution in [0.3, 0.4) is 0 Å². The number of carbonyl (C=O) groups excluding carboxylic acids is 5. The van der Waals surface area contributed by atoms with Crippen LogP contribution in [0.4, 0.5) is 11.4 Å². The Morgan fingerprint density at radius 3 is 1.97 bits per heavy atom. The van der Waals surface area contributed by atoms with Gasteiger partial charge in [0, 0.05) is 30.0 Å². The second-order valence-electron chi connectivity index (χ2n) is 20.0. The normalized spacial score (nSPS) is 17.3. The highest BCUT2D eigenvalue weighted by atomic mass is 16.2. The van der Waals surface area contributed by atoms with Gasteiger partial charge in [-0.15, -0.1) is 0 Å². The van der Waals surface area contributed by atoms with E-state index in [0.717, 1.165) is 56.5 Å². The van der Waals surface area contributed by atoms with Gasteiger partial charge in [-0.05, 0) is 132 Å². The Labute approximate surface area is 405 Å². The molecule has 1 N–H and O–H groups in total. The van der Waals surface area contributed by atoms with Gasteiger partial charge in [0.15, 0.2) is 5.78 Å². The van der Waals surface area contributed by atoms with Crippen LogP contribution >= 0.6 is 0 Å². The number of imidazole rings is 1. The molecule has 0 saturated heterocycles. The van der Waals surface area contributed by atoms with Crippen molar-refractivity contribution in [1.82, 2.24) is 14.9 Å². The van der Waals surface area contributed by atoms with E-state index in [9.17, 15) is 24.0 Å². The van der Waals surface area contributed by atoms with Crippen molar-refractivity contribution < 1.29 is 24.0 Å². The van der Waals surface area contributed by atoms with Crippen molar-refractivity contribution >= 4 is 57.5 Å². The number of fused-ring (bicyclic) bond motifs is 5. The molecule has 3 aliphatic heterocycles. The molecule has 4 amide bonds. The molecule has 70 heavy (non-hydrogen) atoms. The molecule has 344 valence electrons. The quantitative estimate of drug-likeness (QED) is 0.130. The molecule has 4 heterocycles. The lowest BCUT2D eigenvalue weighted by molar-refractivity contribution is 0.0692. The lowest BCUT2D eigenvalue weighted by atomic mass is 9.75. The molecule has 10 heteroatoms. The molecule has 1 atom stereocenters. The van der Waals surface area contributed by atoms with Crippen molar-refractivity contribution in [2.24, 2.45) is 4.99 Å². The smallest absolute Gasteiger partial charge is 0.266 e. The van der Waals surface area contributed by atoms with Gasteiger partial charge in [-0.3, -0.25) is 33.9 Å². The number of imide groups is 2. The minimum absolute atomic E-state index is 0.0111. The fraction of sp³-hybridized carbons (Fsp3) is 0.183. The highest BCUT2D eigenvalue weighted by molar-refractivity contribution is 6.35. The Kier molecular flexibility index (Phi) is 10.2. The van der Waals surface area contributed by atoms with Crippen LogP contribution < -0.4 is 4.90 Å². The fourth-order valence-corrected chi connectivity index (χ4v) is 11.0. The second-order valence-corrected chi connectivity index (χ2v) is 20.0. The Hall–Kier alpha value is -8.37. The van der Waals surface area contributed by atoms with Crippen molar-refractivity contribution in [3.8, 4) is 11.1 Å². The van der Waals surface area contributed by atoms with Gasteiger partial charge < -0.3 is 4.98 Å². The highest BCUT2D eigenvalue weighted by Gasteiger charge is 2.46. The number of aromatic amines is 1. The molecule has 8 aromatic rings. The van der Waals surface area contributed by atoms with Gasteiger partial charge in [-0.1, -0.05) is 111 Å². The first-order valence-corrected chi connectivity index (χ1v) is 23.5. The number of rotatable bonds is 6. The number of hydrogen-bond donors (Lipinski definition) is 1. The van der Waals surface area contributed by atoms with Crippen LogP contribution in [-0.2, 0) is 17.3 Å². The molecular weight excluding hydrogens is 871 g/mol. The molecule has 10 nitrogen and oxygen atoms in total. The monoisotopic (exact) mass is 919 g/mol. The number of nitrogens with zero attached hydrogens (tertiary/aromatic N) is 4. The van der Waals surface area contributed by atoms with Gasteiger partial charge in [0.05, 0.1) is 50.4 Å². The zero-order chi connectivity index (χ0) is 49.0. The second kappa shape index (κ2) is 16.1. The van der Waals surface area contributed by atoms with E-state index in [1.165, 1.54) is 88.0 Å². The predicted octanol–water partition coefficient (Wildman–Crippen LogP) is 11.8. The lowest BCUT2D eigenvalue weighted by Crippen LogP contribution is -2.29. The van der Waals surface area contributed by atoms with Gasteiger partial charge >= 0.3 is 0 Å². The number of amides is 4. The standard InChI is InChI=1S/C37H30N2O5.C23H19N3/c1-20-6-15-29-30(16-20)37(4,19-36(29,2)3)23-9-11-24(12-10-23)39-34(43)26-14-8-22(18-28(26)35(39)44)31(40)21-7-13-25-27(17-21)33(42)38(5)32(25)41;1-14-4-3-5-18(10-14)22-13-19-11-16(6-8-20(19)26-22)17-7-9-21-23(12-17)25-15(2)24-21/h6-18H,19H2,1-5H3;3-12H,13H2,1-2H3,(H,24,25). The summed E-state index contributed by atoms with van der Waals surface area (Å²) >= 11 is 0. The van der Waals surface area contributed by atoms with Crippen LogP contribution in [0.15, 0.2) is 145 Å². The Balaban J connectivity index is 0.000000174. The van der Waals surface area contributed by atoms with E-state index in [1.54, 1.807) is 0 Å². The number of hydrogen-bond acceptors (Lipinski definition) is 7. The number of carbonyl (C=O) groups is 5. The van der Waals surface area contributed by atoms with Crippen LogP contribution in [0.2, 0.25) is 0 Å². The maximum atomic E-state index is 13.6. The predicted molar refractivity (Wildman–Crippen MR) is 273 cm³/mol. The van der Waals surface area contributed by atoms with E-state index in [-0.39, 0.29) is 44.2 Å². The Bertz CT molecular complexity index is 3650. The molecular formula is C60H49N5O5. The molecule has 12 rings (SSSR count). The molecule has 0 fully saturated rings. The molecule has 0 bridgehead atoms. The third-order valence-electron chi connectivity index (χ3n) is 14.5. The van der Waals surface area contributed by atoms with Crippen LogP contribution in [0, 0.1) is 20.8 Å². The van der Waals surface area contributed by atoms with E-state index < -0.39 is 29.4 Å². The first-order valence-electron chi connectivity index (χ1n) is 23.5. The molecule has 0 spiro atoms. The van der Waals surface area contributed by atoms with E-state index in [4.69, 9.17) is 4.99 Å². The highest BCUT2D eigenvalue weighted by Crippen LogP contribution is 2.53. The van der Waals surface area contributed by atoms with Gasteiger partial charge in [-0.25, -0.2) is 9.88 Å². The minimum Gasteiger partial charge on any atom is -0.342 e. The number of nitrogens with one attached hydrogen (secondary N) is 1. The van der Waals surface area contributed by atoms with E-state index in [1.807, 2.05) is 31.2 Å². The summed E-state index contributed by atoms with van der Waals surface area (Å²) in [5, 5.41) is 0. The van der Waals surface area contributed by atoms with Crippen molar-refractivity contribution in [2.75, 3.05) is 11.9 Å². The summed E-state index contributed by atoms with van der Waals surface area (Å²) in [6.07, 6.45) is 1.82. The minimum atomic E-state index is -0.502. The molecule has 0 saturated carbocycles. The summed E-state index contributed by atoms with van der Waals surface area (Å²) in [4.78, 5) is 79.9. The lowest BCUT2D eigenvalue weighted by Gasteiger charge is -2.29. The average molecular weight is 920 g/mol. The maximum Gasteiger partial charge on any atom is 0.266 e. The van der Waals surface area contributed by atoms with Crippen LogP contribution in [0.1, 0.15) is 129 Å². The molecule has 7 aromatic carbocycles. The van der Waals surface area contributed by atoms with E-state index in [2.05, 4.69) is 123 Å². The number of aromatic nitrogens is 2.